The van der Waals surface area contributed by atoms with Crippen LogP contribution in [0.3, 0.4) is 0 Å². The number of aromatic nitrogens is 6. The van der Waals surface area contributed by atoms with Gasteiger partial charge in [0, 0.05) is 14.1 Å². The summed E-state index contributed by atoms with van der Waals surface area (Å²) in [7, 11) is 3.47. The highest BCUT2D eigenvalue weighted by atomic mass is 16.4. The minimum absolute atomic E-state index is 0.0257. The summed E-state index contributed by atoms with van der Waals surface area (Å²) in [6, 6.07) is 3.53. The number of anilines is 1. The lowest BCUT2D eigenvalue weighted by Crippen LogP contribution is -2.16. The summed E-state index contributed by atoms with van der Waals surface area (Å²) in [6.07, 6.45) is 0. The van der Waals surface area contributed by atoms with Crippen molar-refractivity contribution in [3.05, 3.63) is 29.2 Å². The van der Waals surface area contributed by atoms with E-state index in [9.17, 15) is 4.79 Å². The normalized spacial score (nSPS) is 10.9. The predicted molar refractivity (Wildman–Crippen MR) is 77.1 cm³/mol. The molecule has 0 unspecified atom stereocenters. The third-order valence-electron chi connectivity index (χ3n) is 3.10. The van der Waals surface area contributed by atoms with E-state index in [0.717, 1.165) is 11.4 Å². The van der Waals surface area contributed by atoms with Crippen LogP contribution in [0.1, 0.15) is 21.9 Å². The fraction of sp³-hybridized carbons (Fsp3) is 0.308. The molecule has 0 aliphatic carbocycles. The van der Waals surface area contributed by atoms with Crippen LogP contribution in [0, 0.1) is 13.8 Å². The molecular formula is C13H15N7O2. The molecule has 9 nitrogen and oxygen atoms in total. The molecule has 114 valence electrons. The number of nitrogens with zero attached hydrogens (tertiary/aromatic N) is 6. The molecule has 3 aromatic heterocycles. The first-order valence-electron chi connectivity index (χ1n) is 6.60. The van der Waals surface area contributed by atoms with Crippen molar-refractivity contribution in [2.45, 2.75) is 13.8 Å². The van der Waals surface area contributed by atoms with Crippen LogP contribution in [0.2, 0.25) is 0 Å². The molecule has 22 heavy (non-hydrogen) atoms. The van der Waals surface area contributed by atoms with Crippen LogP contribution >= 0.6 is 0 Å². The summed E-state index contributed by atoms with van der Waals surface area (Å²) >= 11 is 0. The highest BCUT2D eigenvalue weighted by Gasteiger charge is 2.17. The van der Waals surface area contributed by atoms with Gasteiger partial charge in [0.25, 0.3) is 11.8 Å². The van der Waals surface area contributed by atoms with E-state index < -0.39 is 0 Å². The smallest absolute Gasteiger partial charge is 0.322 e. The van der Waals surface area contributed by atoms with Crippen molar-refractivity contribution in [1.82, 2.24) is 29.8 Å². The van der Waals surface area contributed by atoms with Gasteiger partial charge in [-0.05, 0) is 26.0 Å². The van der Waals surface area contributed by atoms with Crippen molar-refractivity contribution in [3.8, 4) is 11.6 Å². The van der Waals surface area contributed by atoms with E-state index in [1.165, 1.54) is 4.68 Å². The maximum atomic E-state index is 12.1. The summed E-state index contributed by atoms with van der Waals surface area (Å²) in [4.78, 5) is 12.1. The first-order chi connectivity index (χ1) is 10.4. The lowest BCUT2D eigenvalue weighted by atomic mass is 10.3. The number of carbonyl (C=O) groups is 1. The van der Waals surface area contributed by atoms with Crippen molar-refractivity contribution in [2.75, 3.05) is 5.32 Å². The van der Waals surface area contributed by atoms with Gasteiger partial charge in [0.1, 0.15) is 11.4 Å². The van der Waals surface area contributed by atoms with Crippen molar-refractivity contribution in [1.29, 1.82) is 0 Å². The Bertz CT molecular complexity index is 843. The molecule has 1 N–H and O–H groups in total. The highest BCUT2D eigenvalue weighted by molar-refractivity contribution is 6.01. The Kier molecular flexibility index (Phi) is 3.24. The van der Waals surface area contributed by atoms with Crippen molar-refractivity contribution in [2.24, 2.45) is 14.1 Å². The molecule has 1 amide bonds. The zero-order chi connectivity index (χ0) is 15.9. The second-order valence-electron chi connectivity index (χ2n) is 4.96. The molecule has 0 fully saturated rings. The third kappa shape index (κ3) is 2.48. The summed E-state index contributed by atoms with van der Waals surface area (Å²) < 4.78 is 8.59. The minimum atomic E-state index is -0.362. The molecule has 3 aromatic rings. The number of hydrogen-bond acceptors (Lipinski definition) is 6. The van der Waals surface area contributed by atoms with E-state index in [2.05, 4.69) is 25.7 Å². The average molecular weight is 301 g/mol. The van der Waals surface area contributed by atoms with Gasteiger partial charge >= 0.3 is 6.01 Å². The summed E-state index contributed by atoms with van der Waals surface area (Å²) in [5.41, 5.74) is 2.69. The largest absolute Gasteiger partial charge is 0.401 e. The summed E-state index contributed by atoms with van der Waals surface area (Å²) in [6.45, 7) is 3.68. The Morgan fingerprint density at radius 1 is 1.09 bits per heavy atom. The summed E-state index contributed by atoms with van der Waals surface area (Å²) in [5, 5.41) is 18.6. The molecule has 9 heteroatoms. The Morgan fingerprint density at radius 2 is 1.77 bits per heavy atom. The number of carbonyl (C=O) groups excluding carboxylic acids is 1. The molecule has 0 radical (unpaired) electrons. The van der Waals surface area contributed by atoms with E-state index in [-0.39, 0.29) is 11.9 Å². The lowest BCUT2D eigenvalue weighted by Gasteiger charge is -2.00. The zero-order valence-electron chi connectivity index (χ0n) is 12.7. The Hall–Kier alpha value is -2.97. The van der Waals surface area contributed by atoms with Gasteiger partial charge in [-0.3, -0.25) is 19.5 Å². The topological polar surface area (TPSA) is 104 Å². The van der Waals surface area contributed by atoms with Gasteiger partial charge in [-0.15, -0.1) is 5.10 Å². The molecule has 0 bridgehead atoms. The molecule has 3 rings (SSSR count). The Balaban J connectivity index is 1.81. The van der Waals surface area contributed by atoms with E-state index >= 15 is 0 Å². The molecule has 0 atom stereocenters. The van der Waals surface area contributed by atoms with Crippen LogP contribution in [0.15, 0.2) is 16.5 Å². The van der Waals surface area contributed by atoms with E-state index in [4.69, 9.17) is 4.42 Å². The van der Waals surface area contributed by atoms with E-state index in [1.54, 1.807) is 24.8 Å². The molecule has 0 aromatic carbocycles. The van der Waals surface area contributed by atoms with Crippen LogP contribution in [0.25, 0.3) is 11.6 Å². The van der Waals surface area contributed by atoms with Crippen LogP contribution in [-0.4, -0.2) is 35.7 Å². The first-order valence-corrected chi connectivity index (χ1v) is 6.60. The van der Waals surface area contributed by atoms with Crippen LogP contribution in [0.5, 0.6) is 0 Å². The predicted octanol–water partition coefficient (Wildman–Crippen LogP) is 1.07. The Morgan fingerprint density at radius 3 is 2.36 bits per heavy atom. The minimum Gasteiger partial charge on any atom is -0.401 e. The molecule has 3 heterocycles. The van der Waals surface area contributed by atoms with Crippen LogP contribution in [-0.2, 0) is 14.1 Å². The molecule has 0 saturated heterocycles. The van der Waals surface area contributed by atoms with E-state index in [0.29, 0.717) is 17.3 Å². The maximum absolute atomic E-state index is 12.1. The molecule has 0 aliphatic rings. The Labute approximate surface area is 125 Å². The number of nitrogens with one attached hydrogen (secondary N) is 1. The van der Waals surface area contributed by atoms with E-state index in [1.807, 2.05) is 19.9 Å². The molecule has 0 saturated carbocycles. The fourth-order valence-electron chi connectivity index (χ4n) is 2.17. The van der Waals surface area contributed by atoms with Crippen molar-refractivity contribution >= 4 is 11.9 Å². The van der Waals surface area contributed by atoms with Gasteiger partial charge in [0.05, 0.1) is 11.4 Å². The lowest BCUT2D eigenvalue weighted by molar-refractivity contribution is 0.101. The standard InChI is InChI=1S/C13H15N7O2/c1-7-5-9(19(3)17-7)11(21)14-13-16-15-12(22-13)10-6-8(2)18-20(10)4/h5-6H,1-4H3,(H,14,16,21). The second kappa shape index (κ2) is 5.10. The summed E-state index contributed by atoms with van der Waals surface area (Å²) in [5.74, 6) is -0.0703. The second-order valence-corrected chi connectivity index (χ2v) is 4.96. The number of hydrogen-bond donors (Lipinski definition) is 1. The first kappa shape index (κ1) is 14.0. The highest BCUT2D eigenvalue weighted by Crippen LogP contribution is 2.20. The molecule has 0 spiro atoms. The van der Waals surface area contributed by atoms with Crippen LogP contribution < -0.4 is 5.32 Å². The average Bonchev–Trinajstić information content (AvgIpc) is 3.10. The van der Waals surface area contributed by atoms with Crippen LogP contribution in [0.4, 0.5) is 6.01 Å². The van der Waals surface area contributed by atoms with Gasteiger partial charge in [-0.2, -0.15) is 10.2 Å². The van der Waals surface area contributed by atoms with Gasteiger partial charge in [0.2, 0.25) is 0 Å². The van der Waals surface area contributed by atoms with Gasteiger partial charge in [-0.1, -0.05) is 5.10 Å². The SMILES string of the molecule is Cc1cc(C(=O)Nc2nnc(-c3cc(C)nn3C)o2)n(C)n1. The number of rotatable bonds is 3. The third-order valence-corrected chi connectivity index (χ3v) is 3.10. The zero-order valence-corrected chi connectivity index (χ0v) is 12.7. The number of aryl methyl sites for hydroxylation is 4. The van der Waals surface area contributed by atoms with Gasteiger partial charge in [-0.25, -0.2) is 0 Å². The maximum Gasteiger partial charge on any atom is 0.322 e. The fourth-order valence-corrected chi connectivity index (χ4v) is 2.17. The molecule has 0 aliphatic heterocycles. The van der Waals surface area contributed by atoms with Crippen molar-refractivity contribution in [3.63, 3.8) is 0 Å². The van der Waals surface area contributed by atoms with Gasteiger partial charge < -0.3 is 4.42 Å². The quantitative estimate of drug-likeness (QED) is 0.776. The van der Waals surface area contributed by atoms with Gasteiger partial charge in [0.15, 0.2) is 0 Å². The van der Waals surface area contributed by atoms with Crippen molar-refractivity contribution < 1.29 is 9.21 Å². The molecular weight excluding hydrogens is 286 g/mol. The number of amides is 1. The monoisotopic (exact) mass is 301 g/mol.